The lowest BCUT2D eigenvalue weighted by Crippen LogP contribution is -2.29. The summed E-state index contributed by atoms with van der Waals surface area (Å²) in [7, 11) is 0. The molecule has 0 saturated carbocycles. The van der Waals surface area contributed by atoms with E-state index in [0.717, 1.165) is 22.8 Å². The van der Waals surface area contributed by atoms with Crippen molar-refractivity contribution in [1.82, 2.24) is 14.9 Å². The number of fused-ring (bicyclic) bond motifs is 2. The first-order chi connectivity index (χ1) is 15.2. The smallest absolute Gasteiger partial charge is 0.239 e. The molecule has 0 atom stereocenters. The third-order valence-electron chi connectivity index (χ3n) is 5.48. The SMILES string of the molecule is O=C(Cn1cc(C(=O)c2cccs2)c2ccccc21)NCCc1c[nH]c2ccccc12. The second-order valence-corrected chi connectivity index (χ2v) is 8.40. The van der Waals surface area contributed by atoms with E-state index in [-0.39, 0.29) is 18.2 Å². The van der Waals surface area contributed by atoms with Crippen LogP contribution in [-0.2, 0) is 17.8 Å². The number of para-hydroxylation sites is 2. The zero-order valence-electron chi connectivity index (χ0n) is 16.8. The van der Waals surface area contributed by atoms with Gasteiger partial charge in [-0.25, -0.2) is 0 Å². The van der Waals surface area contributed by atoms with Crippen LogP contribution in [0.5, 0.6) is 0 Å². The van der Waals surface area contributed by atoms with E-state index in [0.29, 0.717) is 17.0 Å². The highest BCUT2D eigenvalue weighted by Gasteiger charge is 2.18. The molecule has 0 spiro atoms. The van der Waals surface area contributed by atoms with Crippen molar-refractivity contribution < 1.29 is 9.59 Å². The Hall–Kier alpha value is -3.64. The Morgan fingerprint density at radius 2 is 1.77 bits per heavy atom. The number of rotatable bonds is 7. The molecule has 5 rings (SSSR count). The molecule has 31 heavy (non-hydrogen) atoms. The van der Waals surface area contributed by atoms with Gasteiger partial charge >= 0.3 is 0 Å². The number of aromatic nitrogens is 2. The second-order valence-electron chi connectivity index (χ2n) is 7.45. The van der Waals surface area contributed by atoms with E-state index < -0.39 is 0 Å². The van der Waals surface area contributed by atoms with Crippen molar-refractivity contribution >= 4 is 44.8 Å². The molecule has 5 aromatic rings. The normalized spacial score (nSPS) is 11.2. The van der Waals surface area contributed by atoms with Gasteiger partial charge in [0.15, 0.2) is 0 Å². The van der Waals surface area contributed by atoms with Crippen LogP contribution in [0, 0.1) is 0 Å². The third-order valence-corrected chi connectivity index (χ3v) is 6.35. The molecular weight excluding hydrogens is 406 g/mol. The summed E-state index contributed by atoms with van der Waals surface area (Å²) in [6.45, 7) is 0.729. The Bertz CT molecular complexity index is 1380. The predicted octanol–water partition coefficient (Wildman–Crippen LogP) is 4.77. The van der Waals surface area contributed by atoms with Crippen LogP contribution in [0.15, 0.2) is 78.4 Å². The van der Waals surface area contributed by atoms with E-state index in [2.05, 4.69) is 16.4 Å². The van der Waals surface area contributed by atoms with Gasteiger partial charge in [0, 0.05) is 46.3 Å². The molecule has 0 bridgehead atoms. The van der Waals surface area contributed by atoms with Gasteiger partial charge in [0.25, 0.3) is 0 Å². The Balaban J connectivity index is 1.30. The molecule has 154 valence electrons. The summed E-state index contributed by atoms with van der Waals surface area (Å²) in [4.78, 5) is 29.5. The molecule has 3 heterocycles. The van der Waals surface area contributed by atoms with Crippen LogP contribution in [-0.4, -0.2) is 27.8 Å². The standard InChI is InChI=1S/C25H21N3O2S/c29-24(26-12-11-17-14-27-21-8-3-1-6-18(17)21)16-28-15-20(19-7-2-4-9-22(19)28)25(30)23-10-5-13-31-23/h1-10,13-15,27H,11-12,16H2,(H,26,29). The maximum absolute atomic E-state index is 12.9. The van der Waals surface area contributed by atoms with Gasteiger partial charge in [0.05, 0.1) is 4.88 Å². The molecule has 0 aliphatic heterocycles. The molecule has 0 saturated heterocycles. The molecular formula is C25H21N3O2S. The summed E-state index contributed by atoms with van der Waals surface area (Å²) in [6, 6.07) is 19.6. The largest absolute Gasteiger partial charge is 0.361 e. The monoisotopic (exact) mass is 427 g/mol. The van der Waals surface area contributed by atoms with Crippen LogP contribution in [0.25, 0.3) is 21.8 Å². The minimum atomic E-state index is -0.0734. The van der Waals surface area contributed by atoms with E-state index >= 15 is 0 Å². The molecule has 0 fully saturated rings. The highest BCUT2D eigenvalue weighted by Crippen LogP contribution is 2.25. The molecule has 0 aliphatic carbocycles. The quantitative estimate of drug-likeness (QED) is 0.367. The van der Waals surface area contributed by atoms with E-state index in [1.165, 1.54) is 22.3 Å². The summed E-state index contributed by atoms with van der Waals surface area (Å²) < 4.78 is 1.86. The van der Waals surface area contributed by atoms with Gasteiger partial charge in [-0.3, -0.25) is 9.59 Å². The lowest BCUT2D eigenvalue weighted by Gasteiger charge is -2.07. The van der Waals surface area contributed by atoms with Crippen molar-refractivity contribution in [3.8, 4) is 0 Å². The lowest BCUT2D eigenvalue weighted by atomic mass is 10.1. The molecule has 2 N–H and O–H groups in total. The van der Waals surface area contributed by atoms with Gasteiger partial charge < -0.3 is 14.9 Å². The predicted molar refractivity (Wildman–Crippen MR) is 125 cm³/mol. The first-order valence-corrected chi connectivity index (χ1v) is 11.1. The van der Waals surface area contributed by atoms with Crippen LogP contribution in [0.3, 0.4) is 0 Å². The van der Waals surface area contributed by atoms with Crippen molar-refractivity contribution in [2.24, 2.45) is 0 Å². The van der Waals surface area contributed by atoms with Crippen LogP contribution < -0.4 is 5.32 Å². The van der Waals surface area contributed by atoms with Crippen LogP contribution in [0.4, 0.5) is 0 Å². The van der Waals surface area contributed by atoms with E-state index in [4.69, 9.17) is 0 Å². The van der Waals surface area contributed by atoms with Gasteiger partial charge in [-0.05, 0) is 35.6 Å². The molecule has 6 heteroatoms. The summed E-state index contributed by atoms with van der Waals surface area (Å²) in [5.74, 6) is -0.0830. The van der Waals surface area contributed by atoms with Crippen molar-refractivity contribution in [1.29, 1.82) is 0 Å². The Kier molecular flexibility index (Phi) is 5.14. The first-order valence-electron chi connectivity index (χ1n) is 10.2. The molecule has 3 aromatic heterocycles. The molecule has 2 aromatic carbocycles. The molecule has 0 aliphatic rings. The summed E-state index contributed by atoms with van der Waals surface area (Å²) >= 11 is 1.43. The van der Waals surface area contributed by atoms with Crippen LogP contribution in [0.1, 0.15) is 20.8 Å². The van der Waals surface area contributed by atoms with Gasteiger partial charge in [0.1, 0.15) is 6.54 Å². The fourth-order valence-electron chi connectivity index (χ4n) is 3.98. The fraction of sp³-hybridized carbons (Fsp3) is 0.120. The zero-order valence-corrected chi connectivity index (χ0v) is 17.6. The number of carbonyl (C=O) groups is 2. The van der Waals surface area contributed by atoms with Gasteiger partial charge in [0.2, 0.25) is 11.7 Å². The van der Waals surface area contributed by atoms with Crippen molar-refractivity contribution in [2.75, 3.05) is 6.54 Å². The number of H-pyrrole nitrogens is 1. The number of ketones is 1. The number of hydrogen-bond acceptors (Lipinski definition) is 3. The van der Waals surface area contributed by atoms with Gasteiger partial charge in [-0.2, -0.15) is 0 Å². The number of hydrogen-bond donors (Lipinski definition) is 2. The number of nitrogens with zero attached hydrogens (tertiary/aromatic N) is 1. The summed E-state index contributed by atoms with van der Waals surface area (Å²) in [6.07, 6.45) is 4.55. The number of benzene rings is 2. The summed E-state index contributed by atoms with van der Waals surface area (Å²) in [5, 5.41) is 6.96. The maximum atomic E-state index is 12.9. The molecule has 5 nitrogen and oxygen atoms in total. The van der Waals surface area contributed by atoms with E-state index in [9.17, 15) is 9.59 Å². The first kappa shape index (κ1) is 19.3. The molecule has 0 unspecified atom stereocenters. The average molecular weight is 428 g/mol. The number of amides is 1. The van der Waals surface area contributed by atoms with Gasteiger partial charge in [-0.15, -0.1) is 11.3 Å². The van der Waals surface area contributed by atoms with Crippen molar-refractivity contribution in [3.05, 3.63) is 94.4 Å². The number of thiophene rings is 1. The number of carbonyl (C=O) groups excluding carboxylic acids is 2. The van der Waals surface area contributed by atoms with Crippen LogP contribution in [0.2, 0.25) is 0 Å². The summed E-state index contributed by atoms with van der Waals surface area (Å²) in [5.41, 5.74) is 3.80. The topological polar surface area (TPSA) is 66.9 Å². The Morgan fingerprint density at radius 1 is 0.968 bits per heavy atom. The number of aromatic amines is 1. The highest BCUT2D eigenvalue weighted by molar-refractivity contribution is 7.12. The zero-order chi connectivity index (χ0) is 21.2. The van der Waals surface area contributed by atoms with Crippen molar-refractivity contribution in [3.63, 3.8) is 0 Å². The average Bonchev–Trinajstić information content (AvgIpc) is 3.53. The molecule has 1 amide bonds. The third kappa shape index (κ3) is 3.78. The lowest BCUT2D eigenvalue weighted by molar-refractivity contribution is -0.121. The fourth-order valence-corrected chi connectivity index (χ4v) is 4.66. The van der Waals surface area contributed by atoms with E-state index in [1.807, 2.05) is 70.7 Å². The Morgan fingerprint density at radius 3 is 2.61 bits per heavy atom. The highest BCUT2D eigenvalue weighted by atomic mass is 32.1. The minimum Gasteiger partial charge on any atom is -0.361 e. The van der Waals surface area contributed by atoms with Gasteiger partial charge in [-0.1, -0.05) is 42.5 Å². The maximum Gasteiger partial charge on any atom is 0.239 e. The Labute approximate surface area is 183 Å². The molecule has 0 radical (unpaired) electrons. The van der Waals surface area contributed by atoms with E-state index in [1.54, 1.807) is 6.20 Å². The minimum absolute atomic E-state index is 0.00954. The number of nitrogens with one attached hydrogen (secondary N) is 2. The van der Waals surface area contributed by atoms with Crippen molar-refractivity contribution in [2.45, 2.75) is 13.0 Å². The second kappa shape index (κ2) is 8.24. The van der Waals surface area contributed by atoms with Crippen LogP contribution >= 0.6 is 11.3 Å².